The van der Waals surface area contributed by atoms with Crippen molar-refractivity contribution in [1.82, 2.24) is 9.71 Å². The van der Waals surface area contributed by atoms with Crippen LogP contribution in [-0.4, -0.2) is 19.3 Å². The molecule has 0 atom stereocenters. The first-order valence-electron chi connectivity index (χ1n) is 8.33. The van der Waals surface area contributed by atoms with E-state index in [-0.39, 0.29) is 21.6 Å². The van der Waals surface area contributed by atoms with Gasteiger partial charge in [0.2, 0.25) is 5.43 Å². The van der Waals surface area contributed by atoms with E-state index in [9.17, 15) is 18.0 Å². The standard InChI is InChI=1S/C13H10N2O.C7H5NO3S/c14-10-5-6-12-9(13(10)16)7-8-3-1-2-4-11(8)15-12;9-7-5-3-1-2-4-6(5)12(10,11)8-7/h1-7,15H,14H2;1-4H,(H,8,9). The molecule has 2 heterocycles. The number of para-hydroxylation sites is 1. The molecule has 2 aromatic rings. The van der Waals surface area contributed by atoms with Crippen LogP contribution in [0.1, 0.15) is 10.4 Å². The molecule has 0 aromatic heterocycles. The molecule has 0 radical (unpaired) electrons. The highest BCUT2D eigenvalue weighted by molar-refractivity contribution is 7.90. The fourth-order valence-corrected chi connectivity index (χ4v) is 4.20. The number of sulfonamides is 1. The lowest BCUT2D eigenvalue weighted by Gasteiger charge is -2.08. The summed E-state index contributed by atoms with van der Waals surface area (Å²) in [6, 6.07) is 19.3. The molecule has 0 saturated heterocycles. The van der Waals surface area contributed by atoms with Crippen LogP contribution >= 0.6 is 0 Å². The Kier molecular flexibility index (Phi) is 4.12. The molecule has 0 saturated carbocycles. The van der Waals surface area contributed by atoms with Crippen LogP contribution in [0.25, 0.3) is 22.2 Å². The number of carbonyl (C=O) groups excluding carboxylic acids is 1. The molecule has 3 aliphatic rings. The number of fused-ring (bicyclic) bond motifs is 3. The second kappa shape index (κ2) is 6.50. The zero-order valence-corrected chi connectivity index (χ0v) is 15.3. The summed E-state index contributed by atoms with van der Waals surface area (Å²) >= 11 is 0. The number of anilines is 1. The van der Waals surface area contributed by atoms with Gasteiger partial charge in [-0.3, -0.25) is 9.59 Å². The SMILES string of the molecule is Nc1ccc2[nH]c3ccccc3cc-2c1=O.O=C1NS(=O)(=O)c2ccccc21. The molecule has 140 valence electrons. The van der Waals surface area contributed by atoms with Crippen molar-refractivity contribution in [3.8, 4) is 11.3 Å². The van der Waals surface area contributed by atoms with Gasteiger partial charge in [-0.05, 0) is 41.8 Å². The summed E-state index contributed by atoms with van der Waals surface area (Å²) < 4.78 is 24.2. The second-order valence-electron chi connectivity index (χ2n) is 6.23. The monoisotopic (exact) mass is 393 g/mol. The minimum absolute atomic E-state index is 0.0648. The Bertz CT molecular complexity index is 1360. The van der Waals surface area contributed by atoms with Crippen molar-refractivity contribution >= 4 is 32.5 Å². The molecule has 0 fully saturated rings. The first-order valence-corrected chi connectivity index (χ1v) is 9.81. The summed E-state index contributed by atoms with van der Waals surface area (Å²) in [6.07, 6.45) is 0. The number of rotatable bonds is 0. The number of nitrogens with one attached hydrogen (secondary N) is 2. The highest BCUT2D eigenvalue weighted by Crippen LogP contribution is 2.23. The Hall–Kier alpha value is -3.65. The van der Waals surface area contributed by atoms with E-state index in [1.165, 1.54) is 12.1 Å². The zero-order chi connectivity index (χ0) is 19.9. The van der Waals surface area contributed by atoms with E-state index >= 15 is 0 Å². The van der Waals surface area contributed by atoms with E-state index in [0.29, 0.717) is 5.56 Å². The van der Waals surface area contributed by atoms with Crippen molar-refractivity contribution in [3.63, 3.8) is 0 Å². The number of nitrogens with two attached hydrogens (primary N) is 1. The van der Waals surface area contributed by atoms with Gasteiger partial charge in [0.1, 0.15) is 4.90 Å². The summed E-state index contributed by atoms with van der Waals surface area (Å²) in [5.41, 5.74) is 8.47. The smallest absolute Gasteiger partial charge is 0.266 e. The summed E-state index contributed by atoms with van der Waals surface area (Å²) in [7, 11) is -3.55. The average Bonchev–Trinajstić information content (AvgIpc) is 2.93. The van der Waals surface area contributed by atoms with Crippen molar-refractivity contribution in [2.24, 2.45) is 0 Å². The molecule has 5 rings (SSSR count). The minimum atomic E-state index is -3.55. The minimum Gasteiger partial charge on any atom is -0.396 e. The van der Waals surface area contributed by atoms with Gasteiger partial charge in [-0.2, -0.15) is 0 Å². The number of H-pyrrole nitrogens is 1. The van der Waals surface area contributed by atoms with Crippen molar-refractivity contribution in [2.75, 3.05) is 5.73 Å². The van der Waals surface area contributed by atoms with Crippen LogP contribution in [0.3, 0.4) is 0 Å². The number of carbonyl (C=O) groups is 1. The first-order chi connectivity index (χ1) is 13.4. The molecule has 28 heavy (non-hydrogen) atoms. The van der Waals surface area contributed by atoms with Crippen molar-refractivity contribution in [3.05, 3.63) is 82.5 Å². The maximum atomic E-state index is 11.8. The third kappa shape index (κ3) is 2.99. The summed E-state index contributed by atoms with van der Waals surface area (Å²) in [5, 5.41) is 1.01. The maximum absolute atomic E-state index is 11.8. The average molecular weight is 393 g/mol. The van der Waals surface area contributed by atoms with Gasteiger partial charge in [-0.15, -0.1) is 0 Å². The highest BCUT2D eigenvalue weighted by Gasteiger charge is 2.31. The molecule has 7 nitrogen and oxygen atoms in total. The fraction of sp³-hybridized carbons (Fsp3) is 0. The summed E-state index contributed by atoms with van der Waals surface area (Å²) in [4.78, 5) is 26.1. The van der Waals surface area contributed by atoms with Crippen LogP contribution in [-0.2, 0) is 10.0 Å². The van der Waals surface area contributed by atoms with Gasteiger partial charge >= 0.3 is 0 Å². The topological polar surface area (TPSA) is 122 Å². The zero-order valence-electron chi connectivity index (χ0n) is 14.5. The second-order valence-corrected chi connectivity index (χ2v) is 7.88. The lowest BCUT2D eigenvalue weighted by Crippen LogP contribution is -2.20. The number of benzene rings is 3. The van der Waals surface area contributed by atoms with Gasteiger partial charge in [0, 0.05) is 16.8 Å². The number of aromatic nitrogens is 1. The Labute approximate surface area is 160 Å². The third-order valence-electron chi connectivity index (χ3n) is 4.40. The quantitative estimate of drug-likeness (QED) is 0.313. The van der Waals surface area contributed by atoms with E-state index in [0.717, 1.165) is 16.6 Å². The van der Waals surface area contributed by atoms with Crippen LogP contribution in [0.15, 0.2) is 76.4 Å². The number of aromatic amines is 1. The van der Waals surface area contributed by atoms with Gasteiger partial charge in [0.15, 0.2) is 0 Å². The molecular formula is C20H15N3O4S. The van der Waals surface area contributed by atoms with E-state index in [1.807, 2.05) is 41.1 Å². The van der Waals surface area contributed by atoms with Gasteiger partial charge in [-0.1, -0.05) is 30.3 Å². The predicted octanol–water partition coefficient (Wildman–Crippen LogP) is 2.33. The van der Waals surface area contributed by atoms with E-state index in [2.05, 4.69) is 4.98 Å². The van der Waals surface area contributed by atoms with Crippen molar-refractivity contribution < 1.29 is 13.2 Å². The molecule has 1 amide bonds. The van der Waals surface area contributed by atoms with E-state index in [1.54, 1.807) is 18.2 Å². The Morgan fingerprint density at radius 1 is 0.821 bits per heavy atom. The van der Waals surface area contributed by atoms with Crippen LogP contribution in [0, 0.1) is 0 Å². The number of hydrogen-bond donors (Lipinski definition) is 3. The van der Waals surface area contributed by atoms with Crippen LogP contribution in [0.4, 0.5) is 5.69 Å². The number of hydrogen-bond acceptors (Lipinski definition) is 5. The molecule has 1 aliphatic carbocycles. The lowest BCUT2D eigenvalue weighted by atomic mass is 10.0. The molecule has 8 heteroatoms. The normalized spacial score (nSPS) is 14.2. The van der Waals surface area contributed by atoms with Gasteiger partial charge < -0.3 is 10.7 Å². The van der Waals surface area contributed by atoms with Crippen molar-refractivity contribution in [2.45, 2.75) is 4.90 Å². The maximum Gasteiger partial charge on any atom is 0.266 e. The molecule has 0 bridgehead atoms. The van der Waals surface area contributed by atoms with E-state index in [4.69, 9.17) is 5.73 Å². The Balaban J connectivity index is 0.000000143. The van der Waals surface area contributed by atoms with Crippen LogP contribution in [0.2, 0.25) is 0 Å². The fourth-order valence-electron chi connectivity index (χ4n) is 3.03. The number of pyridine rings is 1. The van der Waals surface area contributed by atoms with Crippen LogP contribution in [0.5, 0.6) is 0 Å². The largest absolute Gasteiger partial charge is 0.396 e. The predicted molar refractivity (Wildman–Crippen MR) is 107 cm³/mol. The van der Waals surface area contributed by atoms with Gasteiger partial charge in [0.25, 0.3) is 15.9 Å². The number of nitrogen functional groups attached to an aromatic ring is 1. The molecule has 4 N–H and O–H groups in total. The summed E-state index contributed by atoms with van der Waals surface area (Å²) in [6.45, 7) is 0. The highest BCUT2D eigenvalue weighted by atomic mass is 32.2. The molecule has 0 spiro atoms. The number of amides is 1. The Morgan fingerprint density at radius 2 is 1.54 bits per heavy atom. The van der Waals surface area contributed by atoms with Gasteiger partial charge in [-0.25, -0.2) is 13.1 Å². The lowest BCUT2D eigenvalue weighted by molar-refractivity contribution is 0.0985. The van der Waals surface area contributed by atoms with Crippen LogP contribution < -0.4 is 15.9 Å². The van der Waals surface area contributed by atoms with E-state index < -0.39 is 15.9 Å². The molecule has 0 unspecified atom stereocenters. The third-order valence-corrected chi connectivity index (χ3v) is 5.79. The summed E-state index contributed by atoms with van der Waals surface area (Å²) in [5.74, 6) is -0.550. The first kappa shape index (κ1) is 17.7. The van der Waals surface area contributed by atoms with Gasteiger partial charge in [0.05, 0.1) is 11.3 Å². The van der Waals surface area contributed by atoms with Crippen molar-refractivity contribution in [1.29, 1.82) is 0 Å². The Morgan fingerprint density at radius 3 is 2.32 bits per heavy atom. The molecular weight excluding hydrogens is 378 g/mol. The molecule has 2 aromatic carbocycles. The molecule has 2 aliphatic heterocycles.